The van der Waals surface area contributed by atoms with Crippen LogP contribution in [0, 0.1) is 5.92 Å². The molecule has 5 heteroatoms. The Bertz CT molecular complexity index is 761. The maximum atomic E-state index is 12.6. The monoisotopic (exact) mass is 383 g/mol. The van der Waals surface area contributed by atoms with Crippen molar-refractivity contribution >= 4 is 11.9 Å². The van der Waals surface area contributed by atoms with Crippen LogP contribution >= 0.6 is 0 Å². The molecule has 2 atom stereocenters. The van der Waals surface area contributed by atoms with Crippen molar-refractivity contribution in [3.8, 4) is 0 Å². The average molecular weight is 383 g/mol. The first-order valence-corrected chi connectivity index (χ1v) is 9.51. The number of ether oxygens (including phenoxy) is 1. The quantitative estimate of drug-likeness (QED) is 0.633. The molecule has 0 aromatic heterocycles. The van der Waals surface area contributed by atoms with Crippen LogP contribution in [0.5, 0.6) is 0 Å². The molecule has 0 aliphatic rings. The van der Waals surface area contributed by atoms with Gasteiger partial charge in [-0.2, -0.15) is 0 Å². The molecule has 150 valence electrons. The highest BCUT2D eigenvalue weighted by Gasteiger charge is 2.42. The fourth-order valence-electron chi connectivity index (χ4n) is 3.53. The summed E-state index contributed by atoms with van der Waals surface area (Å²) in [6, 6.07) is 19.7. The summed E-state index contributed by atoms with van der Waals surface area (Å²) in [4.78, 5) is 25.6. The largest absolute Gasteiger partial charge is 0.481 e. The number of benzene rings is 2. The molecule has 0 aliphatic carbocycles. The van der Waals surface area contributed by atoms with Gasteiger partial charge in [0.25, 0.3) is 0 Å². The number of carbonyl (C=O) groups is 2. The van der Waals surface area contributed by atoms with Crippen molar-refractivity contribution in [1.82, 2.24) is 4.90 Å². The van der Waals surface area contributed by atoms with Gasteiger partial charge in [0.05, 0.1) is 12.8 Å². The Balaban J connectivity index is 2.47. The van der Waals surface area contributed by atoms with E-state index in [1.165, 1.54) is 0 Å². The van der Waals surface area contributed by atoms with Gasteiger partial charge in [0, 0.05) is 18.9 Å². The summed E-state index contributed by atoms with van der Waals surface area (Å²) in [7, 11) is 3.97. The number of carbonyl (C=O) groups excluding carboxylic acids is 1. The van der Waals surface area contributed by atoms with Crippen molar-refractivity contribution in [3.05, 3.63) is 71.8 Å². The zero-order valence-electron chi connectivity index (χ0n) is 16.8. The third-order valence-electron chi connectivity index (χ3n) is 4.85. The number of carboxylic acid groups (broad SMARTS) is 1. The third-order valence-corrected chi connectivity index (χ3v) is 4.85. The van der Waals surface area contributed by atoms with E-state index in [4.69, 9.17) is 9.84 Å². The van der Waals surface area contributed by atoms with Crippen LogP contribution in [0.3, 0.4) is 0 Å². The van der Waals surface area contributed by atoms with Crippen LogP contribution in [0.25, 0.3) is 0 Å². The lowest BCUT2D eigenvalue weighted by molar-refractivity contribution is -0.170. The summed E-state index contributed by atoms with van der Waals surface area (Å²) in [6.07, 6.45) is 0.135. The van der Waals surface area contributed by atoms with Crippen molar-refractivity contribution in [2.24, 2.45) is 5.92 Å². The van der Waals surface area contributed by atoms with Crippen molar-refractivity contribution in [2.75, 3.05) is 20.6 Å². The number of hydrogen-bond donors (Lipinski definition) is 1. The normalized spacial score (nSPS) is 14.3. The van der Waals surface area contributed by atoms with Gasteiger partial charge < -0.3 is 14.7 Å². The summed E-state index contributed by atoms with van der Waals surface area (Å²) in [5.74, 6) is -1.52. The van der Waals surface area contributed by atoms with E-state index < -0.39 is 17.5 Å². The maximum Gasteiger partial charge on any atom is 0.307 e. The summed E-state index contributed by atoms with van der Waals surface area (Å²) < 4.78 is 6.11. The molecule has 0 saturated heterocycles. The Morgan fingerprint density at radius 3 is 2.11 bits per heavy atom. The van der Waals surface area contributed by atoms with E-state index in [-0.39, 0.29) is 18.8 Å². The highest BCUT2D eigenvalue weighted by molar-refractivity contribution is 5.77. The maximum absolute atomic E-state index is 12.6. The van der Waals surface area contributed by atoms with Gasteiger partial charge in [0.2, 0.25) is 0 Å². The number of carboxylic acids is 1. The Morgan fingerprint density at radius 1 is 1.00 bits per heavy atom. The van der Waals surface area contributed by atoms with Gasteiger partial charge in [0.1, 0.15) is 5.60 Å². The molecule has 0 bridgehead atoms. The Hall–Kier alpha value is -2.66. The SMILES string of the molecule is CC(CN(C)C)C(Cc1ccccc1)(OC(=O)CCC(=O)O)c1ccccc1. The van der Waals surface area contributed by atoms with Gasteiger partial charge in [-0.05, 0) is 25.2 Å². The predicted octanol–water partition coefficient (Wildman–Crippen LogP) is 3.73. The average Bonchev–Trinajstić information content (AvgIpc) is 2.66. The molecule has 2 aromatic carbocycles. The molecule has 2 aromatic rings. The molecule has 0 saturated carbocycles. The third kappa shape index (κ3) is 5.92. The van der Waals surface area contributed by atoms with Crippen molar-refractivity contribution in [2.45, 2.75) is 31.8 Å². The number of aliphatic carboxylic acids is 1. The predicted molar refractivity (Wildman–Crippen MR) is 109 cm³/mol. The van der Waals surface area contributed by atoms with Crippen molar-refractivity contribution in [1.29, 1.82) is 0 Å². The van der Waals surface area contributed by atoms with Crippen molar-refractivity contribution < 1.29 is 19.4 Å². The Kier molecular flexibility index (Phi) is 7.76. The summed E-state index contributed by atoms with van der Waals surface area (Å²) in [5, 5.41) is 8.93. The molecule has 2 unspecified atom stereocenters. The van der Waals surface area contributed by atoms with E-state index in [9.17, 15) is 9.59 Å². The minimum Gasteiger partial charge on any atom is -0.481 e. The van der Waals surface area contributed by atoms with E-state index in [1.54, 1.807) is 0 Å². The van der Waals surface area contributed by atoms with Crippen LogP contribution in [-0.4, -0.2) is 42.6 Å². The highest BCUT2D eigenvalue weighted by Crippen LogP contribution is 2.38. The summed E-state index contributed by atoms with van der Waals surface area (Å²) >= 11 is 0. The number of nitrogens with zero attached hydrogens (tertiary/aromatic N) is 1. The van der Waals surface area contributed by atoms with E-state index >= 15 is 0 Å². The summed E-state index contributed by atoms with van der Waals surface area (Å²) in [6.45, 7) is 2.79. The fourth-order valence-corrected chi connectivity index (χ4v) is 3.53. The van der Waals surface area contributed by atoms with Crippen LogP contribution in [0.4, 0.5) is 0 Å². The minimum atomic E-state index is -1.01. The highest BCUT2D eigenvalue weighted by atomic mass is 16.6. The lowest BCUT2D eigenvalue weighted by Gasteiger charge is -2.40. The van der Waals surface area contributed by atoms with Crippen LogP contribution in [0.1, 0.15) is 30.9 Å². The van der Waals surface area contributed by atoms with Crippen LogP contribution in [-0.2, 0) is 26.3 Å². The van der Waals surface area contributed by atoms with Gasteiger partial charge in [-0.25, -0.2) is 0 Å². The summed E-state index contributed by atoms with van der Waals surface area (Å²) in [5.41, 5.74) is 1.09. The van der Waals surface area contributed by atoms with Gasteiger partial charge in [-0.15, -0.1) is 0 Å². The Labute approximate surface area is 166 Å². The van der Waals surface area contributed by atoms with Crippen LogP contribution < -0.4 is 0 Å². The van der Waals surface area contributed by atoms with Crippen LogP contribution in [0.15, 0.2) is 60.7 Å². The number of hydrogen-bond acceptors (Lipinski definition) is 4. The lowest BCUT2D eigenvalue weighted by atomic mass is 9.77. The first-order chi connectivity index (χ1) is 13.3. The first-order valence-electron chi connectivity index (χ1n) is 9.51. The zero-order chi connectivity index (χ0) is 20.6. The van der Waals surface area contributed by atoms with Crippen LogP contribution in [0.2, 0.25) is 0 Å². The number of rotatable bonds is 10. The molecule has 0 amide bonds. The zero-order valence-corrected chi connectivity index (χ0v) is 16.8. The first kappa shape index (κ1) is 21.6. The van der Waals surface area contributed by atoms with E-state index in [2.05, 4.69) is 11.8 Å². The molecular weight excluding hydrogens is 354 g/mol. The second kappa shape index (κ2) is 10.0. The molecule has 1 N–H and O–H groups in total. The standard InChI is InChI=1S/C23H29NO4/c1-18(17-24(2)3)23(20-12-8-5-9-13-20,16-19-10-6-4-7-11-19)28-22(27)15-14-21(25)26/h4-13,18H,14-17H2,1-3H3,(H,25,26). The lowest BCUT2D eigenvalue weighted by Crippen LogP contribution is -2.45. The molecular formula is C23H29NO4. The number of esters is 1. The second-order valence-corrected chi connectivity index (χ2v) is 7.45. The smallest absolute Gasteiger partial charge is 0.307 e. The molecule has 0 heterocycles. The van der Waals surface area contributed by atoms with Crippen molar-refractivity contribution in [3.63, 3.8) is 0 Å². The van der Waals surface area contributed by atoms with Gasteiger partial charge in [-0.3, -0.25) is 9.59 Å². The minimum absolute atomic E-state index is 0.0149. The van der Waals surface area contributed by atoms with E-state index in [0.717, 1.165) is 11.1 Å². The molecule has 0 aliphatic heterocycles. The van der Waals surface area contributed by atoms with E-state index in [1.807, 2.05) is 74.8 Å². The van der Waals surface area contributed by atoms with Gasteiger partial charge in [-0.1, -0.05) is 67.6 Å². The molecule has 0 fully saturated rings. The molecule has 0 spiro atoms. The second-order valence-electron chi connectivity index (χ2n) is 7.45. The molecule has 2 rings (SSSR count). The molecule has 28 heavy (non-hydrogen) atoms. The fraction of sp³-hybridized carbons (Fsp3) is 0.391. The van der Waals surface area contributed by atoms with Gasteiger partial charge >= 0.3 is 11.9 Å². The topological polar surface area (TPSA) is 66.8 Å². The Morgan fingerprint density at radius 2 is 1.57 bits per heavy atom. The molecule has 0 radical (unpaired) electrons. The van der Waals surface area contributed by atoms with E-state index in [0.29, 0.717) is 13.0 Å². The molecule has 5 nitrogen and oxygen atoms in total. The van der Waals surface area contributed by atoms with Gasteiger partial charge in [0.15, 0.2) is 0 Å².